The van der Waals surface area contributed by atoms with Gasteiger partial charge in [-0.25, -0.2) is 5.43 Å². The first kappa shape index (κ1) is 25.6. The molecule has 176 valence electrons. The third-order valence-electron chi connectivity index (χ3n) is 4.37. The summed E-state index contributed by atoms with van der Waals surface area (Å²) >= 11 is 24.4. The molecule has 0 aliphatic carbocycles. The highest BCUT2D eigenvalue weighted by Gasteiger charge is 2.16. The van der Waals surface area contributed by atoms with Crippen LogP contribution in [0, 0.1) is 0 Å². The lowest BCUT2D eigenvalue weighted by molar-refractivity contribution is -0.136. The lowest BCUT2D eigenvalue weighted by Crippen LogP contribution is -2.32. The van der Waals surface area contributed by atoms with Gasteiger partial charge in [-0.05, 0) is 35.9 Å². The topological polar surface area (TPSA) is 89.0 Å². The minimum absolute atomic E-state index is 0.118. The number of nitrogens with zero attached hydrogens (tertiary/aromatic N) is 1. The van der Waals surface area contributed by atoms with Crippen molar-refractivity contribution in [1.29, 1.82) is 0 Å². The summed E-state index contributed by atoms with van der Waals surface area (Å²) in [5, 5.41) is 7.32. The van der Waals surface area contributed by atoms with Gasteiger partial charge in [-0.2, -0.15) is 5.10 Å². The Morgan fingerprint density at radius 1 is 0.941 bits per heavy atom. The Balaban J connectivity index is 1.64. The van der Waals surface area contributed by atoms with Crippen LogP contribution in [0.15, 0.2) is 59.7 Å². The lowest BCUT2D eigenvalue weighted by Gasteiger charge is -2.14. The maximum Gasteiger partial charge on any atom is 0.329 e. The number of anilines is 1. The van der Waals surface area contributed by atoms with E-state index in [1.54, 1.807) is 30.3 Å². The summed E-state index contributed by atoms with van der Waals surface area (Å²) in [7, 11) is 1.46. The third kappa shape index (κ3) is 6.55. The van der Waals surface area contributed by atoms with Gasteiger partial charge in [0, 0.05) is 10.6 Å². The van der Waals surface area contributed by atoms with Gasteiger partial charge >= 0.3 is 11.8 Å². The molecule has 3 aromatic carbocycles. The van der Waals surface area contributed by atoms with Crippen molar-refractivity contribution in [3.63, 3.8) is 0 Å². The Morgan fingerprint density at radius 2 is 1.68 bits per heavy atom. The zero-order valence-electron chi connectivity index (χ0n) is 17.6. The molecule has 0 fully saturated rings. The molecule has 0 bridgehead atoms. The summed E-state index contributed by atoms with van der Waals surface area (Å²) in [6, 6.07) is 15.1. The molecule has 0 spiro atoms. The number of ether oxygens (including phenoxy) is 2. The number of hydrogen-bond donors (Lipinski definition) is 2. The van der Waals surface area contributed by atoms with Crippen LogP contribution in [0.25, 0.3) is 0 Å². The molecule has 34 heavy (non-hydrogen) atoms. The van der Waals surface area contributed by atoms with Gasteiger partial charge in [0.1, 0.15) is 6.61 Å². The Morgan fingerprint density at radius 3 is 2.41 bits per heavy atom. The van der Waals surface area contributed by atoms with E-state index in [0.29, 0.717) is 22.1 Å². The minimum atomic E-state index is -1.01. The first-order chi connectivity index (χ1) is 16.3. The molecule has 0 unspecified atom stereocenters. The summed E-state index contributed by atoms with van der Waals surface area (Å²) < 4.78 is 11.2. The van der Waals surface area contributed by atoms with E-state index in [4.69, 9.17) is 55.9 Å². The van der Waals surface area contributed by atoms with E-state index in [9.17, 15) is 9.59 Å². The van der Waals surface area contributed by atoms with Gasteiger partial charge in [0.25, 0.3) is 0 Å². The van der Waals surface area contributed by atoms with Crippen molar-refractivity contribution in [3.8, 4) is 11.5 Å². The van der Waals surface area contributed by atoms with Crippen LogP contribution in [0.1, 0.15) is 11.1 Å². The Hall–Kier alpha value is -2.97. The number of benzene rings is 3. The van der Waals surface area contributed by atoms with E-state index in [0.717, 1.165) is 5.56 Å². The molecule has 2 amide bonds. The standard InChI is InChI=1S/C23H17Cl4N3O4/c1-33-19-10-13(9-17(26)21(19)34-12-14-5-2-3-6-15(14)24)11-28-30-23(32)22(31)29-18-8-4-7-16(25)20(18)27/h2-11H,12H2,1H3,(H,29,31)(H,30,32)/b28-11-. The maximum atomic E-state index is 12.1. The predicted molar refractivity (Wildman–Crippen MR) is 135 cm³/mol. The van der Waals surface area contributed by atoms with Crippen molar-refractivity contribution in [2.24, 2.45) is 5.10 Å². The summed E-state index contributed by atoms with van der Waals surface area (Å²) in [5.41, 5.74) is 3.60. The Bertz CT molecular complexity index is 1250. The van der Waals surface area contributed by atoms with E-state index >= 15 is 0 Å². The summed E-state index contributed by atoms with van der Waals surface area (Å²) in [4.78, 5) is 24.1. The fourth-order valence-electron chi connectivity index (χ4n) is 2.72. The van der Waals surface area contributed by atoms with Gasteiger partial charge < -0.3 is 14.8 Å². The fraction of sp³-hybridized carbons (Fsp3) is 0.0870. The van der Waals surface area contributed by atoms with Crippen molar-refractivity contribution in [3.05, 3.63) is 85.8 Å². The Labute approximate surface area is 215 Å². The zero-order chi connectivity index (χ0) is 24.7. The number of methoxy groups -OCH3 is 1. The van der Waals surface area contributed by atoms with Crippen LogP contribution in [0.5, 0.6) is 11.5 Å². The van der Waals surface area contributed by atoms with Crippen LogP contribution in [0.4, 0.5) is 5.69 Å². The van der Waals surface area contributed by atoms with Crippen molar-refractivity contribution in [2.75, 3.05) is 12.4 Å². The average molecular weight is 541 g/mol. The van der Waals surface area contributed by atoms with E-state index in [-0.39, 0.29) is 27.4 Å². The predicted octanol–water partition coefficient (Wildman–Crippen LogP) is 5.98. The summed E-state index contributed by atoms with van der Waals surface area (Å²) in [5.74, 6) is -1.31. The molecule has 0 heterocycles. The first-order valence-electron chi connectivity index (χ1n) is 9.62. The van der Waals surface area contributed by atoms with Crippen LogP contribution in [0.3, 0.4) is 0 Å². The van der Waals surface area contributed by atoms with Gasteiger partial charge in [0.15, 0.2) is 11.5 Å². The number of carbonyl (C=O) groups is 2. The molecular formula is C23H17Cl4N3O4. The molecule has 0 aliphatic heterocycles. The van der Waals surface area contributed by atoms with Gasteiger partial charge in [-0.1, -0.05) is 70.7 Å². The molecule has 2 N–H and O–H groups in total. The van der Waals surface area contributed by atoms with Crippen molar-refractivity contribution in [1.82, 2.24) is 5.43 Å². The normalized spacial score (nSPS) is 10.7. The highest BCUT2D eigenvalue weighted by Crippen LogP contribution is 2.37. The summed E-state index contributed by atoms with van der Waals surface area (Å²) in [6.45, 7) is 0.186. The highest BCUT2D eigenvalue weighted by atomic mass is 35.5. The highest BCUT2D eigenvalue weighted by molar-refractivity contribution is 6.45. The van der Waals surface area contributed by atoms with E-state index in [1.165, 1.54) is 19.4 Å². The monoisotopic (exact) mass is 539 g/mol. The van der Waals surface area contributed by atoms with E-state index in [1.807, 2.05) is 18.2 Å². The number of halogens is 4. The second kappa shape index (κ2) is 11.9. The second-order valence-electron chi connectivity index (χ2n) is 6.67. The average Bonchev–Trinajstić information content (AvgIpc) is 2.81. The molecule has 3 rings (SSSR count). The molecule has 0 radical (unpaired) electrons. The zero-order valence-corrected chi connectivity index (χ0v) is 20.6. The quantitative estimate of drug-likeness (QED) is 0.219. The SMILES string of the molecule is COc1cc(/C=N\NC(=O)C(=O)Nc2cccc(Cl)c2Cl)cc(Cl)c1OCc1ccccc1Cl. The Kier molecular flexibility index (Phi) is 9.01. The molecule has 0 aliphatic rings. The van der Waals surface area contributed by atoms with Gasteiger partial charge in [-0.3, -0.25) is 9.59 Å². The van der Waals surface area contributed by atoms with E-state index < -0.39 is 11.8 Å². The van der Waals surface area contributed by atoms with Crippen LogP contribution in [0.2, 0.25) is 20.1 Å². The van der Waals surface area contributed by atoms with Crippen LogP contribution in [-0.2, 0) is 16.2 Å². The van der Waals surface area contributed by atoms with E-state index in [2.05, 4.69) is 15.8 Å². The molecule has 0 aromatic heterocycles. The van der Waals surface area contributed by atoms with Gasteiger partial charge in [-0.15, -0.1) is 0 Å². The van der Waals surface area contributed by atoms with Crippen molar-refractivity contribution >= 4 is 70.1 Å². The number of amides is 2. The van der Waals surface area contributed by atoms with Crippen LogP contribution >= 0.6 is 46.4 Å². The number of hydrazone groups is 1. The van der Waals surface area contributed by atoms with Crippen molar-refractivity contribution in [2.45, 2.75) is 6.61 Å². The molecule has 3 aromatic rings. The molecule has 11 heteroatoms. The van der Waals surface area contributed by atoms with Crippen LogP contribution < -0.4 is 20.2 Å². The first-order valence-corrected chi connectivity index (χ1v) is 11.1. The molecule has 0 saturated carbocycles. The largest absolute Gasteiger partial charge is 0.493 e. The van der Waals surface area contributed by atoms with Crippen LogP contribution in [-0.4, -0.2) is 25.1 Å². The molecule has 0 atom stereocenters. The second-order valence-corrected chi connectivity index (χ2v) is 8.27. The number of rotatable bonds is 7. The van der Waals surface area contributed by atoms with Gasteiger partial charge in [0.2, 0.25) is 0 Å². The molecule has 0 saturated heterocycles. The molecular weight excluding hydrogens is 524 g/mol. The number of nitrogens with one attached hydrogen (secondary N) is 2. The maximum absolute atomic E-state index is 12.1. The lowest BCUT2D eigenvalue weighted by atomic mass is 10.2. The van der Waals surface area contributed by atoms with Gasteiger partial charge in [0.05, 0.1) is 34.1 Å². The minimum Gasteiger partial charge on any atom is -0.493 e. The number of carbonyl (C=O) groups excluding carboxylic acids is 2. The number of hydrogen-bond acceptors (Lipinski definition) is 5. The van der Waals surface area contributed by atoms with Crippen molar-refractivity contribution < 1.29 is 19.1 Å². The smallest absolute Gasteiger partial charge is 0.329 e. The summed E-state index contributed by atoms with van der Waals surface area (Å²) in [6.07, 6.45) is 1.30. The molecule has 7 nitrogen and oxygen atoms in total. The third-order valence-corrected chi connectivity index (χ3v) is 5.84. The fourth-order valence-corrected chi connectivity index (χ4v) is 3.53.